The highest BCUT2D eigenvalue weighted by molar-refractivity contribution is 9.10. The van der Waals surface area contributed by atoms with Crippen molar-refractivity contribution >= 4 is 43.5 Å². The molecule has 0 aliphatic heterocycles. The molecule has 0 aliphatic carbocycles. The molecule has 3 aromatic carbocycles. The lowest BCUT2D eigenvalue weighted by atomic mass is 10.1. The summed E-state index contributed by atoms with van der Waals surface area (Å²) in [6.45, 7) is 5.81. The molecule has 0 unspecified atom stereocenters. The van der Waals surface area contributed by atoms with E-state index in [-0.39, 0.29) is 17.3 Å². The first-order valence-electron chi connectivity index (χ1n) is 12.6. The molecule has 2 amide bonds. The van der Waals surface area contributed by atoms with Gasteiger partial charge in [0.1, 0.15) is 12.6 Å². The fraction of sp³-hybridized carbons (Fsp3) is 0.310. The maximum atomic E-state index is 13.8. The number of anilines is 1. The molecule has 1 atom stereocenters. The van der Waals surface area contributed by atoms with E-state index in [9.17, 15) is 18.0 Å². The minimum Gasteiger partial charge on any atom is -0.354 e. The van der Waals surface area contributed by atoms with Gasteiger partial charge < -0.3 is 10.2 Å². The highest BCUT2D eigenvalue weighted by Crippen LogP contribution is 2.27. The van der Waals surface area contributed by atoms with Crippen molar-refractivity contribution in [1.29, 1.82) is 0 Å². The van der Waals surface area contributed by atoms with Crippen LogP contribution < -0.4 is 9.62 Å². The molecule has 3 rings (SSSR count). The highest BCUT2D eigenvalue weighted by Gasteiger charge is 2.32. The van der Waals surface area contributed by atoms with Gasteiger partial charge in [0.25, 0.3) is 10.0 Å². The highest BCUT2D eigenvalue weighted by atomic mass is 79.9. The SMILES string of the molecule is CCCNC(=O)[C@H](C)N(CCc1ccccc1)C(=O)CN(c1cccc(Br)c1)S(=O)(=O)c1ccc(C)cc1. The zero-order valence-electron chi connectivity index (χ0n) is 21.9. The normalized spacial score (nSPS) is 12.0. The molecule has 202 valence electrons. The predicted octanol–water partition coefficient (Wildman–Crippen LogP) is 4.94. The Bertz CT molecular complexity index is 1330. The van der Waals surface area contributed by atoms with E-state index >= 15 is 0 Å². The molecule has 9 heteroatoms. The van der Waals surface area contributed by atoms with Crippen LogP contribution in [0.15, 0.2) is 88.2 Å². The summed E-state index contributed by atoms with van der Waals surface area (Å²) in [5.74, 6) is -0.737. The third kappa shape index (κ3) is 7.68. The number of rotatable bonds is 12. The zero-order chi connectivity index (χ0) is 27.7. The van der Waals surface area contributed by atoms with E-state index in [1.165, 1.54) is 17.0 Å². The molecule has 3 aromatic rings. The van der Waals surface area contributed by atoms with Crippen molar-refractivity contribution in [2.45, 2.75) is 44.6 Å². The number of hydrogen-bond acceptors (Lipinski definition) is 4. The number of halogens is 1. The number of sulfonamides is 1. The van der Waals surface area contributed by atoms with Gasteiger partial charge in [0.05, 0.1) is 10.6 Å². The maximum Gasteiger partial charge on any atom is 0.264 e. The summed E-state index contributed by atoms with van der Waals surface area (Å²) in [6.07, 6.45) is 1.29. The Balaban J connectivity index is 1.96. The van der Waals surface area contributed by atoms with Crippen molar-refractivity contribution in [3.8, 4) is 0 Å². The predicted molar refractivity (Wildman–Crippen MR) is 154 cm³/mol. The summed E-state index contributed by atoms with van der Waals surface area (Å²) in [4.78, 5) is 28.2. The summed E-state index contributed by atoms with van der Waals surface area (Å²) < 4.78 is 29.4. The Labute approximate surface area is 234 Å². The first-order valence-corrected chi connectivity index (χ1v) is 14.8. The van der Waals surface area contributed by atoms with E-state index in [0.717, 1.165) is 21.9 Å². The summed E-state index contributed by atoms with van der Waals surface area (Å²) in [5.41, 5.74) is 2.29. The summed E-state index contributed by atoms with van der Waals surface area (Å²) in [5, 5.41) is 2.85. The van der Waals surface area contributed by atoms with Crippen LogP contribution in [0, 0.1) is 6.92 Å². The van der Waals surface area contributed by atoms with Gasteiger partial charge in [-0.15, -0.1) is 0 Å². The van der Waals surface area contributed by atoms with Gasteiger partial charge in [-0.2, -0.15) is 0 Å². The number of aryl methyl sites for hydroxylation is 1. The zero-order valence-corrected chi connectivity index (χ0v) is 24.3. The standard InChI is InChI=1S/C29H34BrN3O4S/c1-4-18-31-29(35)23(3)32(19-17-24-9-6-5-7-10-24)28(34)21-33(26-12-8-11-25(30)20-26)38(36,37)27-15-13-22(2)14-16-27/h5-16,20,23H,4,17-19,21H2,1-3H3,(H,31,35)/t23-/m0/s1. The number of amides is 2. The van der Waals surface area contributed by atoms with Crippen LogP contribution in [0.1, 0.15) is 31.4 Å². The molecule has 0 bridgehead atoms. The maximum absolute atomic E-state index is 13.8. The average Bonchev–Trinajstić information content (AvgIpc) is 2.91. The van der Waals surface area contributed by atoms with Crippen LogP contribution in [0.25, 0.3) is 0 Å². The molecule has 7 nitrogen and oxygen atoms in total. The van der Waals surface area contributed by atoms with Gasteiger partial charge in [-0.05, 0) is 62.6 Å². The molecule has 0 fully saturated rings. The van der Waals surface area contributed by atoms with Crippen LogP contribution in [-0.2, 0) is 26.0 Å². The van der Waals surface area contributed by atoms with Gasteiger partial charge in [0.2, 0.25) is 11.8 Å². The van der Waals surface area contributed by atoms with Crippen molar-refractivity contribution in [3.05, 3.63) is 94.5 Å². The summed E-state index contributed by atoms with van der Waals surface area (Å²) in [7, 11) is -4.08. The van der Waals surface area contributed by atoms with Gasteiger partial charge in [0, 0.05) is 17.6 Å². The first-order chi connectivity index (χ1) is 18.1. The van der Waals surface area contributed by atoms with Gasteiger partial charge >= 0.3 is 0 Å². The van der Waals surface area contributed by atoms with Crippen LogP contribution in [-0.4, -0.2) is 50.8 Å². The second kappa shape index (κ2) is 13.6. The number of nitrogens with zero attached hydrogens (tertiary/aromatic N) is 2. The van der Waals surface area contributed by atoms with Crippen LogP contribution in [0.5, 0.6) is 0 Å². The van der Waals surface area contributed by atoms with Gasteiger partial charge in [0.15, 0.2) is 0 Å². The van der Waals surface area contributed by atoms with Crippen molar-refractivity contribution in [3.63, 3.8) is 0 Å². The van der Waals surface area contributed by atoms with Crippen molar-refractivity contribution < 1.29 is 18.0 Å². The largest absolute Gasteiger partial charge is 0.354 e. The molecule has 0 heterocycles. The lowest BCUT2D eigenvalue weighted by molar-refractivity contribution is -0.138. The minimum absolute atomic E-state index is 0.0837. The van der Waals surface area contributed by atoms with E-state index in [1.807, 2.05) is 44.2 Å². The number of carbonyl (C=O) groups is 2. The third-order valence-electron chi connectivity index (χ3n) is 6.18. The summed E-state index contributed by atoms with van der Waals surface area (Å²) >= 11 is 3.41. The smallest absolute Gasteiger partial charge is 0.264 e. The van der Waals surface area contributed by atoms with Crippen molar-refractivity contribution in [1.82, 2.24) is 10.2 Å². The van der Waals surface area contributed by atoms with Crippen LogP contribution in [0.4, 0.5) is 5.69 Å². The molecular weight excluding hydrogens is 566 g/mol. The Morgan fingerprint density at radius 1 is 0.974 bits per heavy atom. The molecule has 0 aliphatic rings. The second-order valence-electron chi connectivity index (χ2n) is 9.09. The molecule has 38 heavy (non-hydrogen) atoms. The van der Waals surface area contributed by atoms with Gasteiger partial charge in [-0.1, -0.05) is 76.9 Å². The molecular formula is C29H34BrN3O4S. The molecule has 0 spiro atoms. The fourth-order valence-electron chi connectivity index (χ4n) is 3.96. The summed E-state index contributed by atoms with van der Waals surface area (Å²) in [6, 6.07) is 22.2. The average molecular weight is 601 g/mol. The van der Waals surface area contributed by atoms with E-state index in [4.69, 9.17) is 0 Å². The van der Waals surface area contributed by atoms with Gasteiger partial charge in [-0.25, -0.2) is 8.42 Å². The monoisotopic (exact) mass is 599 g/mol. The van der Waals surface area contributed by atoms with E-state index < -0.39 is 28.5 Å². The Morgan fingerprint density at radius 2 is 1.66 bits per heavy atom. The molecule has 0 radical (unpaired) electrons. The molecule has 0 saturated heterocycles. The molecule has 0 aromatic heterocycles. The lowest BCUT2D eigenvalue weighted by Gasteiger charge is -2.32. The van der Waals surface area contributed by atoms with Crippen LogP contribution in [0.3, 0.4) is 0 Å². The minimum atomic E-state index is -4.08. The second-order valence-corrected chi connectivity index (χ2v) is 11.9. The number of nitrogens with one attached hydrogen (secondary N) is 1. The van der Waals surface area contributed by atoms with E-state index in [1.54, 1.807) is 43.3 Å². The number of benzene rings is 3. The Kier molecular flexibility index (Phi) is 10.5. The van der Waals surface area contributed by atoms with Crippen LogP contribution >= 0.6 is 15.9 Å². The molecule has 1 N–H and O–H groups in total. The lowest BCUT2D eigenvalue weighted by Crippen LogP contribution is -2.52. The van der Waals surface area contributed by atoms with Crippen LogP contribution in [0.2, 0.25) is 0 Å². The quantitative estimate of drug-likeness (QED) is 0.319. The number of hydrogen-bond donors (Lipinski definition) is 1. The van der Waals surface area contributed by atoms with E-state index in [2.05, 4.69) is 21.2 Å². The Morgan fingerprint density at radius 3 is 2.29 bits per heavy atom. The third-order valence-corrected chi connectivity index (χ3v) is 8.47. The Hall–Kier alpha value is -3.17. The fourth-order valence-corrected chi connectivity index (χ4v) is 5.76. The van der Waals surface area contributed by atoms with Crippen molar-refractivity contribution in [2.24, 2.45) is 0 Å². The number of carbonyl (C=O) groups excluding carboxylic acids is 2. The van der Waals surface area contributed by atoms with E-state index in [0.29, 0.717) is 23.1 Å². The topological polar surface area (TPSA) is 86.8 Å². The van der Waals surface area contributed by atoms with Gasteiger partial charge in [-0.3, -0.25) is 13.9 Å². The van der Waals surface area contributed by atoms with Crippen molar-refractivity contribution in [2.75, 3.05) is 23.9 Å². The first kappa shape index (κ1) is 29.4. The molecule has 0 saturated carbocycles.